The van der Waals surface area contributed by atoms with Crippen molar-refractivity contribution in [3.63, 3.8) is 0 Å². The Morgan fingerprint density at radius 1 is 0.974 bits per heavy atom. The molecule has 1 saturated heterocycles. The molecule has 0 atom stereocenters. The van der Waals surface area contributed by atoms with Crippen molar-refractivity contribution in [2.75, 3.05) is 38.0 Å². The van der Waals surface area contributed by atoms with Crippen LogP contribution in [0.1, 0.15) is 44.4 Å². The van der Waals surface area contributed by atoms with Crippen molar-refractivity contribution in [2.45, 2.75) is 39.7 Å². The lowest BCUT2D eigenvalue weighted by Gasteiger charge is -2.34. The molecule has 10 heteroatoms. The molecule has 38 heavy (non-hydrogen) atoms. The Kier molecular flexibility index (Phi) is 7.62. The molecule has 1 N–H and O–H groups in total. The lowest BCUT2D eigenvalue weighted by Crippen LogP contribution is -2.45. The molecular formula is C28H34F2N8. The van der Waals surface area contributed by atoms with E-state index in [1.54, 1.807) is 17.8 Å². The largest absolute Gasteiger partial charge is 0.309 e. The third kappa shape index (κ3) is 5.51. The highest BCUT2D eigenvalue weighted by molar-refractivity contribution is 5.87. The first-order chi connectivity index (χ1) is 18.3. The van der Waals surface area contributed by atoms with Gasteiger partial charge in [0.05, 0.1) is 6.20 Å². The molecular weight excluding hydrogens is 486 g/mol. The van der Waals surface area contributed by atoms with Gasteiger partial charge in [0.15, 0.2) is 11.6 Å². The van der Waals surface area contributed by atoms with E-state index in [1.807, 2.05) is 32.2 Å². The van der Waals surface area contributed by atoms with Gasteiger partial charge in [0.2, 0.25) is 5.95 Å². The van der Waals surface area contributed by atoms with Crippen molar-refractivity contribution in [2.24, 2.45) is 7.05 Å². The summed E-state index contributed by atoms with van der Waals surface area (Å²) in [5.74, 6) is -0.297. The Morgan fingerprint density at radius 3 is 2.42 bits per heavy atom. The summed E-state index contributed by atoms with van der Waals surface area (Å²) in [6.45, 7) is 12.6. The van der Waals surface area contributed by atoms with Crippen molar-refractivity contribution in [3.05, 3.63) is 59.6 Å². The summed E-state index contributed by atoms with van der Waals surface area (Å²) in [5, 5.41) is 8.00. The van der Waals surface area contributed by atoms with Gasteiger partial charge in [-0.15, -0.1) is 0 Å². The number of hydrogen-bond acceptors (Lipinski definition) is 7. The second kappa shape index (κ2) is 11.1. The summed E-state index contributed by atoms with van der Waals surface area (Å²) in [6.07, 6.45) is 4.11. The van der Waals surface area contributed by atoms with Crippen molar-refractivity contribution < 1.29 is 8.78 Å². The SMILES string of the molecule is CCCN1CCN(Cc2ccc(Nc3ncc(F)c(-c4cc(F)c5nn(C)c(C(C)C)c5c4)n3)nc2)CC1. The summed E-state index contributed by atoms with van der Waals surface area (Å²) in [7, 11) is 1.79. The van der Waals surface area contributed by atoms with Crippen LogP contribution >= 0.6 is 0 Å². The zero-order valence-electron chi connectivity index (χ0n) is 22.4. The van der Waals surface area contributed by atoms with Gasteiger partial charge in [0, 0.05) is 62.6 Å². The van der Waals surface area contributed by atoms with E-state index >= 15 is 0 Å². The van der Waals surface area contributed by atoms with Gasteiger partial charge in [-0.3, -0.25) is 9.58 Å². The van der Waals surface area contributed by atoms with E-state index in [9.17, 15) is 8.78 Å². The predicted molar refractivity (Wildman–Crippen MR) is 145 cm³/mol. The van der Waals surface area contributed by atoms with Crippen molar-refractivity contribution in [1.82, 2.24) is 34.5 Å². The van der Waals surface area contributed by atoms with Crippen LogP contribution in [-0.2, 0) is 13.6 Å². The van der Waals surface area contributed by atoms with Crippen molar-refractivity contribution >= 4 is 22.7 Å². The second-order valence-corrected chi connectivity index (χ2v) is 10.2. The van der Waals surface area contributed by atoms with Gasteiger partial charge < -0.3 is 10.2 Å². The molecule has 0 saturated carbocycles. The number of fused-ring (bicyclic) bond motifs is 1. The van der Waals surface area contributed by atoms with Crippen LogP contribution in [0.2, 0.25) is 0 Å². The highest BCUT2D eigenvalue weighted by atomic mass is 19.1. The predicted octanol–water partition coefficient (Wildman–Crippen LogP) is 5.10. The number of anilines is 2. The fraction of sp³-hybridized carbons (Fsp3) is 0.429. The van der Waals surface area contributed by atoms with Crippen molar-refractivity contribution in [3.8, 4) is 11.3 Å². The fourth-order valence-electron chi connectivity index (χ4n) is 5.18. The maximum atomic E-state index is 15.0. The summed E-state index contributed by atoms with van der Waals surface area (Å²) in [5.41, 5.74) is 2.61. The van der Waals surface area contributed by atoms with Gasteiger partial charge in [-0.1, -0.05) is 26.8 Å². The van der Waals surface area contributed by atoms with Gasteiger partial charge in [-0.25, -0.2) is 23.7 Å². The van der Waals surface area contributed by atoms with E-state index in [2.05, 4.69) is 42.1 Å². The lowest BCUT2D eigenvalue weighted by molar-refractivity contribution is 0.127. The van der Waals surface area contributed by atoms with E-state index < -0.39 is 11.6 Å². The number of benzene rings is 1. The Labute approximate surface area is 221 Å². The minimum Gasteiger partial charge on any atom is -0.309 e. The van der Waals surface area contributed by atoms with Crippen LogP contribution in [0.3, 0.4) is 0 Å². The van der Waals surface area contributed by atoms with Gasteiger partial charge >= 0.3 is 0 Å². The number of halogens is 2. The second-order valence-electron chi connectivity index (χ2n) is 10.2. The summed E-state index contributed by atoms with van der Waals surface area (Å²) in [4.78, 5) is 17.9. The Morgan fingerprint density at radius 2 is 1.74 bits per heavy atom. The number of aryl methyl sites for hydroxylation is 1. The summed E-state index contributed by atoms with van der Waals surface area (Å²) in [6, 6.07) is 6.90. The van der Waals surface area contributed by atoms with Crippen LogP contribution in [0.4, 0.5) is 20.5 Å². The van der Waals surface area contributed by atoms with Crippen LogP contribution < -0.4 is 5.32 Å². The smallest absolute Gasteiger partial charge is 0.229 e. The van der Waals surface area contributed by atoms with E-state index in [1.165, 1.54) is 12.5 Å². The molecule has 0 amide bonds. The quantitative estimate of drug-likeness (QED) is 0.347. The Balaban J connectivity index is 1.32. The van der Waals surface area contributed by atoms with E-state index in [0.717, 1.165) is 56.7 Å². The first-order valence-electron chi connectivity index (χ1n) is 13.2. The third-order valence-electron chi connectivity index (χ3n) is 6.98. The van der Waals surface area contributed by atoms with Crippen molar-refractivity contribution in [1.29, 1.82) is 0 Å². The molecule has 0 unspecified atom stereocenters. The Hall–Kier alpha value is -3.50. The molecule has 1 fully saturated rings. The first kappa shape index (κ1) is 26.1. The standard InChI is InChI=1S/C28H34F2N8/c1-5-8-37-9-11-38(12-10-37)17-19-6-7-24(31-15-19)33-28-32-16-23(30)25(34-28)20-13-21-26(22(29)14-20)35-36(4)27(21)18(2)3/h6-7,13-16,18H,5,8-12,17H2,1-4H3,(H,31,32,33,34). The minimum absolute atomic E-state index is 0.0145. The van der Waals surface area contributed by atoms with E-state index in [0.29, 0.717) is 16.8 Å². The number of rotatable bonds is 8. The number of pyridine rings is 1. The summed E-state index contributed by atoms with van der Waals surface area (Å²) < 4.78 is 31.4. The first-order valence-corrected chi connectivity index (χ1v) is 13.2. The minimum atomic E-state index is -0.633. The average Bonchev–Trinajstić information content (AvgIpc) is 3.24. The molecule has 0 aliphatic carbocycles. The molecule has 1 aromatic carbocycles. The molecule has 1 aliphatic heterocycles. The van der Waals surface area contributed by atoms with Gasteiger partial charge in [0.25, 0.3) is 0 Å². The Bertz CT molecular complexity index is 1410. The molecule has 3 aromatic heterocycles. The molecule has 200 valence electrons. The molecule has 1 aliphatic rings. The highest BCUT2D eigenvalue weighted by Gasteiger charge is 2.20. The maximum Gasteiger partial charge on any atom is 0.229 e. The van der Waals surface area contributed by atoms with Crippen LogP contribution in [-0.4, -0.2) is 67.3 Å². The van der Waals surface area contributed by atoms with E-state index in [-0.39, 0.29) is 23.1 Å². The normalized spacial score (nSPS) is 15.0. The molecule has 8 nitrogen and oxygen atoms in total. The van der Waals surface area contributed by atoms with Gasteiger partial charge in [-0.2, -0.15) is 5.10 Å². The number of aromatic nitrogens is 5. The monoisotopic (exact) mass is 520 g/mol. The van der Waals surface area contributed by atoms with Crippen LogP contribution in [0.5, 0.6) is 0 Å². The zero-order chi connectivity index (χ0) is 26.8. The third-order valence-corrected chi connectivity index (χ3v) is 6.98. The number of piperazine rings is 1. The number of hydrogen-bond donors (Lipinski definition) is 1. The van der Waals surface area contributed by atoms with Gasteiger partial charge in [0.1, 0.15) is 17.0 Å². The molecule has 4 aromatic rings. The number of nitrogens with one attached hydrogen (secondary N) is 1. The molecule has 4 heterocycles. The highest BCUT2D eigenvalue weighted by Crippen LogP contribution is 2.32. The number of nitrogens with zero attached hydrogens (tertiary/aromatic N) is 7. The molecule has 5 rings (SSSR count). The summed E-state index contributed by atoms with van der Waals surface area (Å²) >= 11 is 0. The fourth-order valence-corrected chi connectivity index (χ4v) is 5.18. The molecule has 0 spiro atoms. The molecule has 0 radical (unpaired) electrons. The van der Waals surface area contributed by atoms with Crippen LogP contribution in [0.25, 0.3) is 22.2 Å². The van der Waals surface area contributed by atoms with Crippen LogP contribution in [0, 0.1) is 11.6 Å². The van der Waals surface area contributed by atoms with E-state index in [4.69, 9.17) is 0 Å². The van der Waals surface area contributed by atoms with Crippen LogP contribution in [0.15, 0.2) is 36.7 Å². The average molecular weight is 521 g/mol. The lowest BCUT2D eigenvalue weighted by atomic mass is 10.0. The maximum absolute atomic E-state index is 15.0. The topological polar surface area (TPSA) is 75.0 Å². The molecule has 0 bridgehead atoms. The van der Waals surface area contributed by atoms with Gasteiger partial charge in [-0.05, 0) is 42.6 Å². The zero-order valence-corrected chi connectivity index (χ0v) is 22.4.